The minimum Gasteiger partial charge on any atom is -0.508 e. The Labute approximate surface area is 268 Å². The van der Waals surface area contributed by atoms with E-state index in [1.165, 1.54) is 0 Å². The van der Waals surface area contributed by atoms with Gasteiger partial charge in [0.2, 0.25) is 11.8 Å². The fraction of sp³-hybridized carbons (Fsp3) is 0.432. The summed E-state index contributed by atoms with van der Waals surface area (Å²) in [6.07, 6.45) is 4.26. The number of phenols is 1. The molecule has 0 spiro atoms. The lowest BCUT2D eigenvalue weighted by atomic mass is 9.98. The molecule has 0 aliphatic heterocycles. The number of ether oxygens (including phenoxy) is 1. The van der Waals surface area contributed by atoms with Gasteiger partial charge in [0.15, 0.2) is 0 Å². The maximum atomic E-state index is 14.6. The van der Waals surface area contributed by atoms with Crippen LogP contribution in [0.4, 0.5) is 4.79 Å². The number of phenolic OH excluding ortho intramolecular Hbond substituents is 1. The number of alkyl carbamates (subject to hydrolysis) is 1. The van der Waals surface area contributed by atoms with E-state index in [-0.39, 0.29) is 24.0 Å². The number of benzene rings is 3. The van der Waals surface area contributed by atoms with Crippen LogP contribution in [0.5, 0.6) is 5.75 Å². The van der Waals surface area contributed by atoms with Gasteiger partial charge in [-0.05, 0) is 62.9 Å². The van der Waals surface area contributed by atoms with E-state index in [1.54, 1.807) is 49.9 Å². The highest BCUT2D eigenvalue weighted by Crippen LogP contribution is 2.25. The van der Waals surface area contributed by atoms with Crippen LogP contribution in [0.15, 0.2) is 78.9 Å². The third-order valence-corrected chi connectivity index (χ3v) is 7.41. The zero-order valence-corrected chi connectivity index (χ0v) is 27.3. The van der Waals surface area contributed by atoms with E-state index in [1.807, 2.05) is 61.5 Å². The van der Waals surface area contributed by atoms with Crippen molar-refractivity contribution in [2.75, 3.05) is 6.54 Å². The van der Waals surface area contributed by atoms with Gasteiger partial charge in [0.1, 0.15) is 23.4 Å². The third kappa shape index (κ3) is 11.9. The molecule has 0 radical (unpaired) electrons. The first-order chi connectivity index (χ1) is 21.5. The molecule has 0 heterocycles. The SMILES string of the molecule is CCCCCCCN(C(=O)C(Cc1ccc(O)cc1)NC(=O)OC(C)(C)C)C(C(=O)NCc1ccccc1)c1ccc(C)cc1. The Morgan fingerprint density at radius 2 is 1.49 bits per heavy atom. The maximum absolute atomic E-state index is 14.6. The Kier molecular flexibility index (Phi) is 13.5. The highest BCUT2D eigenvalue weighted by Gasteiger charge is 2.36. The monoisotopic (exact) mass is 615 g/mol. The molecule has 3 aromatic carbocycles. The molecule has 3 rings (SSSR count). The zero-order valence-electron chi connectivity index (χ0n) is 27.3. The predicted molar refractivity (Wildman–Crippen MR) is 178 cm³/mol. The van der Waals surface area contributed by atoms with Gasteiger partial charge in [0.25, 0.3) is 0 Å². The standard InChI is InChI=1S/C37H49N3O5/c1-6-7-8-9-13-24-40(33(30-20-16-27(2)17-21-30)34(42)38-26-29-14-11-10-12-15-29)35(43)32(39-36(44)45-37(3,4)5)25-28-18-22-31(41)23-19-28/h10-12,14-23,32-33,41H,6-9,13,24-26H2,1-5H3,(H,38,42)(H,39,44). The molecular weight excluding hydrogens is 566 g/mol. The Morgan fingerprint density at radius 3 is 2.11 bits per heavy atom. The van der Waals surface area contributed by atoms with Crippen molar-refractivity contribution in [3.8, 4) is 5.75 Å². The highest BCUT2D eigenvalue weighted by atomic mass is 16.6. The van der Waals surface area contributed by atoms with Crippen molar-refractivity contribution >= 4 is 17.9 Å². The van der Waals surface area contributed by atoms with Crippen molar-refractivity contribution in [1.29, 1.82) is 0 Å². The third-order valence-electron chi connectivity index (χ3n) is 7.41. The average molecular weight is 616 g/mol. The number of aromatic hydroxyl groups is 1. The largest absolute Gasteiger partial charge is 0.508 e. The molecule has 242 valence electrons. The number of carbonyl (C=O) groups is 3. The first-order valence-corrected chi connectivity index (χ1v) is 15.9. The number of amides is 3. The predicted octanol–water partition coefficient (Wildman–Crippen LogP) is 6.99. The van der Waals surface area contributed by atoms with Crippen LogP contribution in [0.3, 0.4) is 0 Å². The molecule has 0 aliphatic rings. The molecule has 8 nitrogen and oxygen atoms in total. The van der Waals surface area contributed by atoms with Crippen molar-refractivity contribution in [2.24, 2.45) is 0 Å². The summed E-state index contributed by atoms with van der Waals surface area (Å²) in [5.41, 5.74) is 2.65. The summed E-state index contributed by atoms with van der Waals surface area (Å²) in [7, 11) is 0. The van der Waals surface area contributed by atoms with Crippen molar-refractivity contribution in [3.05, 3.63) is 101 Å². The molecule has 3 N–H and O–H groups in total. The maximum Gasteiger partial charge on any atom is 0.408 e. The van der Waals surface area contributed by atoms with Crippen molar-refractivity contribution < 1.29 is 24.2 Å². The van der Waals surface area contributed by atoms with Crippen LogP contribution in [-0.4, -0.2) is 46.1 Å². The summed E-state index contributed by atoms with van der Waals surface area (Å²) in [5.74, 6) is -0.583. The molecule has 45 heavy (non-hydrogen) atoms. The molecule has 0 saturated carbocycles. The van der Waals surface area contributed by atoms with Crippen LogP contribution in [-0.2, 0) is 27.3 Å². The van der Waals surface area contributed by atoms with E-state index in [2.05, 4.69) is 17.6 Å². The van der Waals surface area contributed by atoms with E-state index < -0.39 is 23.8 Å². The molecule has 3 amide bonds. The minimum absolute atomic E-state index is 0.102. The normalized spacial score (nSPS) is 12.6. The molecule has 8 heteroatoms. The van der Waals surface area contributed by atoms with Gasteiger partial charge >= 0.3 is 6.09 Å². The number of nitrogens with zero attached hydrogens (tertiary/aromatic N) is 1. The number of nitrogens with one attached hydrogen (secondary N) is 2. The number of rotatable bonds is 15. The molecule has 0 aliphatic carbocycles. The Morgan fingerprint density at radius 1 is 0.844 bits per heavy atom. The quantitative estimate of drug-likeness (QED) is 0.160. The summed E-state index contributed by atoms with van der Waals surface area (Å²) in [6.45, 7) is 10.1. The molecular formula is C37H49N3O5. The number of hydrogen-bond acceptors (Lipinski definition) is 5. The van der Waals surface area contributed by atoms with E-state index >= 15 is 0 Å². The molecule has 2 unspecified atom stereocenters. The van der Waals surface area contributed by atoms with Crippen molar-refractivity contribution in [2.45, 2.75) is 97.4 Å². The first kappa shape index (κ1) is 35.2. The molecule has 0 saturated heterocycles. The molecule has 0 bridgehead atoms. The van der Waals surface area contributed by atoms with Crippen LogP contribution in [0.2, 0.25) is 0 Å². The lowest BCUT2D eigenvalue weighted by Gasteiger charge is -2.35. The van der Waals surface area contributed by atoms with Gasteiger partial charge in [-0.2, -0.15) is 0 Å². The summed E-state index contributed by atoms with van der Waals surface area (Å²) in [5, 5.41) is 15.7. The van der Waals surface area contributed by atoms with E-state index in [4.69, 9.17) is 4.74 Å². The Bertz CT molecular complexity index is 1350. The molecule has 2 atom stereocenters. The van der Waals surface area contributed by atoms with Crippen molar-refractivity contribution in [3.63, 3.8) is 0 Å². The van der Waals surface area contributed by atoms with Gasteiger partial charge < -0.3 is 25.4 Å². The highest BCUT2D eigenvalue weighted by molar-refractivity contribution is 5.92. The second-order valence-corrected chi connectivity index (χ2v) is 12.5. The van der Waals surface area contributed by atoms with E-state index in [0.717, 1.165) is 42.4 Å². The van der Waals surface area contributed by atoms with Gasteiger partial charge in [0.05, 0.1) is 0 Å². The summed E-state index contributed by atoms with van der Waals surface area (Å²) >= 11 is 0. The van der Waals surface area contributed by atoms with E-state index in [9.17, 15) is 19.5 Å². The second kappa shape index (κ2) is 17.2. The zero-order chi connectivity index (χ0) is 32.8. The van der Waals surface area contributed by atoms with Crippen LogP contribution in [0, 0.1) is 6.92 Å². The average Bonchev–Trinajstić information content (AvgIpc) is 3.00. The number of unbranched alkanes of at least 4 members (excludes halogenated alkanes) is 4. The van der Waals surface area contributed by atoms with E-state index in [0.29, 0.717) is 25.1 Å². The first-order valence-electron chi connectivity index (χ1n) is 15.9. The molecule has 0 aromatic heterocycles. The number of aryl methyl sites for hydroxylation is 1. The van der Waals surface area contributed by atoms with Gasteiger partial charge in [0, 0.05) is 19.5 Å². The van der Waals surface area contributed by atoms with Crippen LogP contribution in [0.25, 0.3) is 0 Å². The van der Waals surface area contributed by atoms with Gasteiger partial charge in [-0.1, -0.05) is 105 Å². The van der Waals surface area contributed by atoms with Gasteiger partial charge in [-0.3, -0.25) is 9.59 Å². The summed E-state index contributed by atoms with van der Waals surface area (Å²) in [4.78, 5) is 43.3. The minimum atomic E-state index is -1.02. The lowest BCUT2D eigenvalue weighted by Crippen LogP contribution is -2.54. The van der Waals surface area contributed by atoms with Crippen LogP contribution in [0.1, 0.15) is 88.1 Å². The topological polar surface area (TPSA) is 108 Å². The summed E-state index contributed by atoms with van der Waals surface area (Å²) in [6, 6.07) is 21.9. The lowest BCUT2D eigenvalue weighted by molar-refractivity contribution is -0.142. The number of carbonyl (C=O) groups excluding carboxylic acids is 3. The van der Waals surface area contributed by atoms with Crippen molar-refractivity contribution in [1.82, 2.24) is 15.5 Å². The second-order valence-electron chi connectivity index (χ2n) is 12.5. The fourth-order valence-corrected chi connectivity index (χ4v) is 5.07. The Hall–Kier alpha value is -4.33. The number of hydrogen-bond donors (Lipinski definition) is 3. The Balaban J connectivity index is 2.01. The summed E-state index contributed by atoms with van der Waals surface area (Å²) < 4.78 is 5.53. The van der Waals surface area contributed by atoms with Crippen LogP contribution < -0.4 is 10.6 Å². The molecule has 3 aromatic rings. The molecule has 0 fully saturated rings. The van der Waals surface area contributed by atoms with Gasteiger partial charge in [-0.25, -0.2) is 4.79 Å². The fourth-order valence-electron chi connectivity index (χ4n) is 5.07. The smallest absolute Gasteiger partial charge is 0.408 e. The van der Waals surface area contributed by atoms with Crippen LogP contribution >= 0.6 is 0 Å². The van der Waals surface area contributed by atoms with Gasteiger partial charge in [-0.15, -0.1) is 0 Å².